The van der Waals surface area contributed by atoms with Gasteiger partial charge in [-0.2, -0.15) is 0 Å². The molecule has 2 aliphatic carbocycles. The van der Waals surface area contributed by atoms with Gasteiger partial charge in [-0.15, -0.1) is 0 Å². The molecule has 2 atom stereocenters. The molecular formula is C35H35FN8O2. The van der Waals surface area contributed by atoms with Gasteiger partial charge in [-0.1, -0.05) is 6.07 Å². The third-order valence-electron chi connectivity index (χ3n) is 9.47. The Kier molecular flexibility index (Phi) is 7.12. The van der Waals surface area contributed by atoms with Crippen molar-refractivity contribution < 1.29 is 13.9 Å². The zero-order valence-corrected chi connectivity index (χ0v) is 25.6. The van der Waals surface area contributed by atoms with Gasteiger partial charge in [0.2, 0.25) is 11.8 Å². The van der Waals surface area contributed by atoms with E-state index in [1.165, 1.54) is 0 Å². The average molecular weight is 619 g/mol. The Morgan fingerprint density at radius 2 is 1.85 bits per heavy atom. The van der Waals surface area contributed by atoms with E-state index in [9.17, 15) is 4.79 Å². The van der Waals surface area contributed by atoms with Crippen molar-refractivity contribution >= 4 is 22.9 Å². The van der Waals surface area contributed by atoms with Gasteiger partial charge < -0.3 is 20.7 Å². The van der Waals surface area contributed by atoms with Gasteiger partial charge in [-0.3, -0.25) is 9.36 Å². The maximum atomic E-state index is 15.7. The number of carbonyl (C=O) groups is 1. The lowest BCUT2D eigenvalue weighted by atomic mass is 10.0. The van der Waals surface area contributed by atoms with Gasteiger partial charge in [0, 0.05) is 61.2 Å². The Bertz CT molecular complexity index is 1950. The molecule has 5 heterocycles. The summed E-state index contributed by atoms with van der Waals surface area (Å²) in [6.07, 6.45) is 6.32. The molecule has 1 amide bonds. The number of hydrogen-bond donors (Lipinski definition) is 2. The van der Waals surface area contributed by atoms with Crippen LogP contribution < -0.4 is 15.8 Å². The number of nitrogen functional groups attached to an aromatic ring is 1. The van der Waals surface area contributed by atoms with Crippen LogP contribution in [0.15, 0.2) is 67.0 Å². The molecule has 0 spiro atoms. The number of likely N-dealkylation sites (tertiary alicyclic amines) is 1. The zero-order chi connectivity index (χ0) is 31.4. The number of halogens is 1. The van der Waals surface area contributed by atoms with E-state index in [1.807, 2.05) is 64.1 Å². The van der Waals surface area contributed by atoms with Crippen molar-refractivity contribution in [3.05, 3.63) is 78.1 Å². The number of benzene rings is 1. The molecule has 1 aliphatic heterocycles. The van der Waals surface area contributed by atoms with Crippen LogP contribution in [0.25, 0.3) is 39.5 Å². The number of anilines is 1. The number of fused-ring (bicyclic) bond motifs is 2. The van der Waals surface area contributed by atoms with Crippen LogP contribution in [-0.2, 0) is 11.2 Å². The minimum atomic E-state index is -1.05. The van der Waals surface area contributed by atoms with E-state index in [-0.39, 0.29) is 18.0 Å². The van der Waals surface area contributed by atoms with Gasteiger partial charge in [0.25, 0.3) is 0 Å². The summed E-state index contributed by atoms with van der Waals surface area (Å²) in [5.41, 5.74) is 12.7. The second kappa shape index (κ2) is 11.5. The molecule has 11 heteroatoms. The molecule has 1 unspecified atom stereocenters. The molecule has 5 aromatic rings. The first-order valence-electron chi connectivity index (χ1n) is 15.9. The number of ether oxygens (including phenoxy) is 1. The minimum Gasteiger partial charge on any atom is -0.481 e. The molecule has 1 saturated heterocycles. The van der Waals surface area contributed by atoms with Crippen LogP contribution >= 0.6 is 0 Å². The van der Waals surface area contributed by atoms with Gasteiger partial charge in [-0.05, 0) is 79.3 Å². The summed E-state index contributed by atoms with van der Waals surface area (Å²) >= 11 is 0. The third-order valence-corrected chi connectivity index (χ3v) is 9.47. The number of nitrogens with two attached hydrogens (primary N) is 1. The Morgan fingerprint density at radius 1 is 1.00 bits per heavy atom. The maximum absolute atomic E-state index is 15.7. The first-order chi connectivity index (χ1) is 22.5. The SMILES string of the molecule is COc1cc(-c2ccc3nc(-c4cccnc4N)n(-c4ccc5c(c4)CC(F)[C@@H]5NC4CCN(C(=O)C5CC5)CC4)c3n2)ccn1. The Balaban J connectivity index is 1.14. The number of aromatic nitrogens is 5. The summed E-state index contributed by atoms with van der Waals surface area (Å²) in [7, 11) is 1.58. The number of hydrogen-bond acceptors (Lipinski definition) is 8. The molecule has 3 aliphatic rings. The first kappa shape index (κ1) is 28.6. The molecule has 8 rings (SSSR count). The number of piperidine rings is 1. The van der Waals surface area contributed by atoms with Gasteiger partial charge in [0.1, 0.15) is 17.5 Å². The van der Waals surface area contributed by atoms with Crippen LogP contribution in [0.5, 0.6) is 5.88 Å². The third kappa shape index (κ3) is 5.14. The minimum absolute atomic E-state index is 0.171. The highest BCUT2D eigenvalue weighted by Gasteiger charge is 2.38. The van der Waals surface area contributed by atoms with Crippen LogP contribution in [-0.4, -0.2) is 67.7 Å². The summed E-state index contributed by atoms with van der Waals surface area (Å²) in [6.45, 7) is 1.47. The fraction of sp³-hybridized carbons (Fsp3) is 0.343. The van der Waals surface area contributed by atoms with Crippen LogP contribution in [0.1, 0.15) is 42.9 Å². The quantitative estimate of drug-likeness (QED) is 0.260. The molecule has 0 radical (unpaired) electrons. The van der Waals surface area contributed by atoms with E-state index in [0.717, 1.165) is 66.8 Å². The molecule has 1 aromatic carbocycles. The van der Waals surface area contributed by atoms with Crippen molar-refractivity contribution in [2.45, 2.75) is 50.4 Å². The zero-order valence-electron chi connectivity index (χ0n) is 25.6. The average Bonchev–Trinajstić information content (AvgIpc) is 3.80. The number of pyridine rings is 3. The van der Waals surface area contributed by atoms with Crippen molar-refractivity contribution in [2.24, 2.45) is 5.92 Å². The van der Waals surface area contributed by atoms with E-state index in [2.05, 4.69) is 15.3 Å². The van der Waals surface area contributed by atoms with E-state index >= 15 is 4.39 Å². The number of nitrogens with zero attached hydrogens (tertiary/aromatic N) is 6. The van der Waals surface area contributed by atoms with E-state index in [4.69, 9.17) is 20.4 Å². The van der Waals surface area contributed by atoms with Crippen molar-refractivity contribution in [3.8, 4) is 34.2 Å². The molecule has 3 N–H and O–H groups in total. The second-order valence-corrected chi connectivity index (χ2v) is 12.5. The first-order valence-corrected chi connectivity index (χ1v) is 15.9. The Labute approximate surface area is 265 Å². The number of alkyl halides is 1. The summed E-state index contributed by atoms with van der Waals surface area (Å²) in [5.74, 6) is 1.99. The van der Waals surface area contributed by atoms with Crippen LogP contribution in [0, 0.1) is 5.92 Å². The molecule has 1 saturated carbocycles. The van der Waals surface area contributed by atoms with Gasteiger partial charge >= 0.3 is 0 Å². The van der Waals surface area contributed by atoms with Gasteiger partial charge in [0.15, 0.2) is 11.5 Å². The smallest absolute Gasteiger partial charge is 0.225 e. The van der Waals surface area contributed by atoms with Crippen LogP contribution in [0.4, 0.5) is 10.2 Å². The number of rotatable bonds is 7. The van der Waals surface area contributed by atoms with Crippen LogP contribution in [0.2, 0.25) is 0 Å². The highest BCUT2D eigenvalue weighted by atomic mass is 19.1. The molecule has 0 bridgehead atoms. The summed E-state index contributed by atoms with van der Waals surface area (Å²) in [4.78, 5) is 33.0. The van der Waals surface area contributed by atoms with Gasteiger partial charge in [-0.25, -0.2) is 24.3 Å². The van der Waals surface area contributed by atoms with E-state index in [1.54, 1.807) is 19.5 Å². The lowest BCUT2D eigenvalue weighted by molar-refractivity contribution is -0.133. The fourth-order valence-corrected chi connectivity index (χ4v) is 6.87. The molecule has 2 fully saturated rings. The summed E-state index contributed by atoms with van der Waals surface area (Å²) < 4.78 is 23.0. The van der Waals surface area contributed by atoms with Crippen molar-refractivity contribution in [1.82, 2.24) is 34.7 Å². The second-order valence-electron chi connectivity index (χ2n) is 12.5. The Hall–Kier alpha value is -4.90. The fourth-order valence-electron chi connectivity index (χ4n) is 6.87. The molecule has 4 aromatic heterocycles. The van der Waals surface area contributed by atoms with Gasteiger partial charge in [0.05, 0.1) is 24.4 Å². The number of methoxy groups -OCH3 is 1. The number of amides is 1. The lowest BCUT2D eigenvalue weighted by Crippen LogP contribution is -2.47. The van der Waals surface area contributed by atoms with Crippen molar-refractivity contribution in [3.63, 3.8) is 0 Å². The standard InChI is InChI=1S/C35H35FN8O2/c1-46-30-19-21(10-14-38-30)28-8-9-29-34(41-28)44(33(42-29)26-3-2-13-39-32(26)37)24-6-7-25-22(17-24)18-27(36)31(25)40-23-11-15-43(16-12-23)35(45)20-4-5-20/h2-3,6-10,13-14,17,19-20,23,27,31,40H,4-5,11-12,15-16,18H2,1H3,(H2,37,39)/t27?,31-/m1/s1. The molecule has 234 valence electrons. The summed E-state index contributed by atoms with van der Waals surface area (Å²) in [6, 6.07) is 17.2. The molecule has 46 heavy (non-hydrogen) atoms. The number of nitrogens with one attached hydrogen (secondary N) is 1. The maximum Gasteiger partial charge on any atom is 0.225 e. The predicted octanol–water partition coefficient (Wildman–Crippen LogP) is 5.06. The van der Waals surface area contributed by atoms with E-state index in [0.29, 0.717) is 46.6 Å². The molecule has 10 nitrogen and oxygen atoms in total. The normalized spacial score (nSPS) is 19.8. The highest BCUT2D eigenvalue weighted by molar-refractivity contribution is 5.85. The Morgan fingerprint density at radius 3 is 2.63 bits per heavy atom. The lowest BCUT2D eigenvalue weighted by Gasteiger charge is -2.34. The number of imidazole rings is 1. The topological polar surface area (TPSA) is 124 Å². The largest absolute Gasteiger partial charge is 0.481 e. The van der Waals surface area contributed by atoms with Crippen molar-refractivity contribution in [2.75, 3.05) is 25.9 Å². The molecular weight excluding hydrogens is 583 g/mol. The number of carbonyl (C=O) groups excluding carboxylic acids is 1. The van der Waals surface area contributed by atoms with E-state index < -0.39 is 6.17 Å². The summed E-state index contributed by atoms with van der Waals surface area (Å²) in [5, 5.41) is 3.61. The predicted molar refractivity (Wildman–Crippen MR) is 173 cm³/mol. The van der Waals surface area contributed by atoms with Crippen LogP contribution in [0.3, 0.4) is 0 Å². The monoisotopic (exact) mass is 618 g/mol. The van der Waals surface area contributed by atoms with Crippen molar-refractivity contribution in [1.29, 1.82) is 0 Å². The highest BCUT2D eigenvalue weighted by Crippen LogP contribution is 2.39.